The Morgan fingerprint density at radius 2 is 2.24 bits per heavy atom. The van der Waals surface area contributed by atoms with Crippen molar-refractivity contribution in [2.24, 2.45) is 12.5 Å². The molecule has 0 radical (unpaired) electrons. The van der Waals surface area contributed by atoms with E-state index in [0.29, 0.717) is 17.1 Å². The van der Waals surface area contributed by atoms with E-state index < -0.39 is 0 Å². The van der Waals surface area contributed by atoms with Gasteiger partial charge in [-0.15, -0.1) is 0 Å². The Balaban J connectivity index is 1.62. The summed E-state index contributed by atoms with van der Waals surface area (Å²) in [5, 5.41) is 4.02. The van der Waals surface area contributed by atoms with E-state index in [2.05, 4.69) is 10.3 Å². The zero-order valence-electron chi connectivity index (χ0n) is 14.4. The summed E-state index contributed by atoms with van der Waals surface area (Å²) in [5.74, 6) is 0.956. The van der Waals surface area contributed by atoms with Crippen LogP contribution in [0.4, 0.5) is 0 Å². The van der Waals surface area contributed by atoms with E-state index >= 15 is 0 Å². The normalized spacial score (nSPS) is 21.3. The van der Waals surface area contributed by atoms with Crippen molar-refractivity contribution < 1.29 is 4.79 Å². The highest BCUT2D eigenvalue weighted by Crippen LogP contribution is 2.56. The minimum absolute atomic E-state index is 0.0471. The molecule has 25 heavy (non-hydrogen) atoms. The first kappa shape index (κ1) is 16.6. The van der Waals surface area contributed by atoms with Gasteiger partial charge in [-0.05, 0) is 56.0 Å². The average molecular weight is 359 g/mol. The number of aryl methyl sites for hydroxylation is 1. The minimum atomic E-state index is 0.0471. The fourth-order valence-corrected chi connectivity index (χ4v) is 4.23. The summed E-state index contributed by atoms with van der Waals surface area (Å²) in [6.07, 6.45) is 7.07. The Labute approximate surface area is 153 Å². The summed E-state index contributed by atoms with van der Waals surface area (Å²) in [7, 11) is 1.97. The molecule has 1 saturated heterocycles. The number of carbonyl (C=O) groups is 1. The summed E-state index contributed by atoms with van der Waals surface area (Å²) >= 11 is 6.10. The van der Waals surface area contributed by atoms with E-state index in [4.69, 9.17) is 11.6 Å². The van der Waals surface area contributed by atoms with Gasteiger partial charge in [-0.1, -0.05) is 17.7 Å². The molecule has 1 aromatic carbocycles. The van der Waals surface area contributed by atoms with Crippen molar-refractivity contribution in [3.05, 3.63) is 53.1 Å². The molecule has 0 bridgehead atoms. The summed E-state index contributed by atoms with van der Waals surface area (Å²) in [6.45, 7) is 2.62. The molecule has 2 aliphatic rings. The molecule has 132 valence electrons. The third-order valence-corrected chi connectivity index (χ3v) is 5.92. The SMILES string of the molecule is Cn1ccnc1CN(C(=O)c1cccc(Cl)c1)C1CC12CCNCC2. The molecule has 1 aromatic heterocycles. The van der Waals surface area contributed by atoms with Crippen LogP contribution in [0.1, 0.15) is 35.4 Å². The van der Waals surface area contributed by atoms with Crippen molar-refractivity contribution in [3.63, 3.8) is 0 Å². The van der Waals surface area contributed by atoms with Crippen LogP contribution in [0.3, 0.4) is 0 Å². The smallest absolute Gasteiger partial charge is 0.254 e. The summed E-state index contributed by atoms with van der Waals surface area (Å²) < 4.78 is 1.98. The molecular weight excluding hydrogens is 336 g/mol. The fourth-order valence-electron chi connectivity index (χ4n) is 4.04. The maximum absolute atomic E-state index is 13.3. The van der Waals surface area contributed by atoms with E-state index in [9.17, 15) is 4.79 Å². The number of aromatic nitrogens is 2. The zero-order valence-corrected chi connectivity index (χ0v) is 15.2. The molecule has 5 nitrogen and oxygen atoms in total. The Hall–Kier alpha value is -1.85. The van der Waals surface area contributed by atoms with Crippen LogP contribution in [-0.4, -0.2) is 39.5 Å². The van der Waals surface area contributed by atoms with Crippen LogP contribution < -0.4 is 5.32 Å². The topological polar surface area (TPSA) is 50.2 Å². The third-order valence-electron chi connectivity index (χ3n) is 5.69. The van der Waals surface area contributed by atoms with E-state index in [1.165, 1.54) is 0 Å². The molecule has 6 heteroatoms. The van der Waals surface area contributed by atoms with Gasteiger partial charge in [0.2, 0.25) is 0 Å². The van der Waals surface area contributed by atoms with Gasteiger partial charge >= 0.3 is 0 Å². The first-order valence-electron chi connectivity index (χ1n) is 8.82. The van der Waals surface area contributed by atoms with Gasteiger partial charge in [-0.3, -0.25) is 4.79 Å². The first-order chi connectivity index (χ1) is 12.1. The molecule has 2 fully saturated rings. The maximum atomic E-state index is 13.3. The number of nitrogens with one attached hydrogen (secondary N) is 1. The van der Waals surface area contributed by atoms with E-state index in [-0.39, 0.29) is 17.4 Å². The Bertz CT molecular complexity index is 781. The molecule has 1 spiro atoms. The van der Waals surface area contributed by atoms with Crippen LogP contribution in [0.25, 0.3) is 0 Å². The zero-order chi connectivity index (χ0) is 17.4. The third kappa shape index (κ3) is 3.18. The van der Waals surface area contributed by atoms with Crippen LogP contribution in [0.2, 0.25) is 5.02 Å². The minimum Gasteiger partial charge on any atom is -0.337 e. The Morgan fingerprint density at radius 3 is 2.92 bits per heavy atom. The number of carbonyl (C=O) groups excluding carboxylic acids is 1. The fraction of sp³-hybridized carbons (Fsp3) is 0.474. The number of halogens is 1. The number of amides is 1. The number of rotatable bonds is 4. The van der Waals surface area contributed by atoms with Crippen molar-refractivity contribution >= 4 is 17.5 Å². The van der Waals surface area contributed by atoms with Gasteiger partial charge in [0.1, 0.15) is 5.82 Å². The molecule has 1 aliphatic heterocycles. The van der Waals surface area contributed by atoms with Crippen molar-refractivity contribution in [2.45, 2.75) is 31.8 Å². The second-order valence-electron chi connectivity index (χ2n) is 7.23. The lowest BCUT2D eigenvalue weighted by molar-refractivity contribution is 0.0685. The second-order valence-corrected chi connectivity index (χ2v) is 7.67. The highest BCUT2D eigenvalue weighted by atomic mass is 35.5. The number of nitrogens with zero attached hydrogens (tertiary/aromatic N) is 3. The van der Waals surface area contributed by atoms with Crippen molar-refractivity contribution in [1.82, 2.24) is 19.8 Å². The largest absolute Gasteiger partial charge is 0.337 e. The molecule has 1 aliphatic carbocycles. The van der Waals surface area contributed by atoms with E-state index in [0.717, 1.165) is 38.2 Å². The molecular formula is C19H23ClN4O. The highest BCUT2D eigenvalue weighted by Gasteiger charge is 2.57. The Morgan fingerprint density at radius 1 is 1.44 bits per heavy atom. The van der Waals surface area contributed by atoms with Crippen LogP contribution in [0.5, 0.6) is 0 Å². The lowest BCUT2D eigenvalue weighted by Crippen LogP contribution is -2.39. The van der Waals surface area contributed by atoms with Gasteiger partial charge in [0.05, 0.1) is 6.54 Å². The predicted octanol–water partition coefficient (Wildman–Crippen LogP) is 2.86. The quantitative estimate of drug-likeness (QED) is 0.914. The number of hydrogen-bond donors (Lipinski definition) is 1. The van der Waals surface area contributed by atoms with E-state index in [1.54, 1.807) is 18.3 Å². The molecule has 1 saturated carbocycles. The molecule has 1 N–H and O–H groups in total. The molecule has 1 unspecified atom stereocenters. The monoisotopic (exact) mass is 358 g/mol. The number of piperidine rings is 1. The van der Waals surface area contributed by atoms with Gasteiger partial charge in [-0.25, -0.2) is 4.98 Å². The van der Waals surface area contributed by atoms with Crippen LogP contribution in [-0.2, 0) is 13.6 Å². The lowest BCUT2D eigenvalue weighted by Gasteiger charge is -2.29. The van der Waals surface area contributed by atoms with E-state index in [1.807, 2.05) is 34.8 Å². The average Bonchev–Trinajstić information content (AvgIpc) is 3.13. The van der Waals surface area contributed by atoms with Gasteiger partial charge in [0.25, 0.3) is 5.91 Å². The van der Waals surface area contributed by atoms with Crippen LogP contribution in [0.15, 0.2) is 36.7 Å². The second kappa shape index (κ2) is 6.46. The van der Waals surface area contributed by atoms with Crippen molar-refractivity contribution in [1.29, 1.82) is 0 Å². The summed E-state index contributed by atoms with van der Waals surface area (Å²) in [6, 6.07) is 7.52. The standard InChI is InChI=1S/C19H23ClN4O/c1-23-10-9-22-17(23)13-24(16-12-19(16)5-7-21-8-6-19)18(25)14-3-2-4-15(20)11-14/h2-4,9-11,16,21H,5-8,12-13H2,1H3. The van der Waals surface area contributed by atoms with Crippen LogP contribution >= 0.6 is 11.6 Å². The van der Waals surface area contributed by atoms with Crippen LogP contribution in [0, 0.1) is 5.41 Å². The molecule has 1 atom stereocenters. The first-order valence-corrected chi connectivity index (χ1v) is 9.20. The number of benzene rings is 1. The molecule has 2 heterocycles. The maximum Gasteiger partial charge on any atom is 0.254 e. The number of hydrogen-bond acceptors (Lipinski definition) is 3. The van der Waals surface area contributed by atoms with Gasteiger partial charge in [0, 0.05) is 36.1 Å². The van der Waals surface area contributed by atoms with Crippen molar-refractivity contribution in [2.75, 3.05) is 13.1 Å². The van der Waals surface area contributed by atoms with Gasteiger partial charge < -0.3 is 14.8 Å². The van der Waals surface area contributed by atoms with Gasteiger partial charge in [0.15, 0.2) is 0 Å². The molecule has 4 rings (SSSR count). The highest BCUT2D eigenvalue weighted by molar-refractivity contribution is 6.30. The molecule has 1 amide bonds. The Kier molecular flexibility index (Phi) is 4.29. The predicted molar refractivity (Wildman–Crippen MR) is 97.5 cm³/mol. The lowest BCUT2D eigenvalue weighted by atomic mass is 9.93. The summed E-state index contributed by atoms with van der Waals surface area (Å²) in [4.78, 5) is 19.7. The van der Waals surface area contributed by atoms with Gasteiger partial charge in [-0.2, -0.15) is 0 Å². The summed E-state index contributed by atoms with van der Waals surface area (Å²) in [5.41, 5.74) is 0.933. The number of imidazole rings is 1. The molecule has 2 aromatic rings. The van der Waals surface area contributed by atoms with Crippen molar-refractivity contribution in [3.8, 4) is 0 Å².